The van der Waals surface area contributed by atoms with Gasteiger partial charge in [-0.25, -0.2) is 4.98 Å². The van der Waals surface area contributed by atoms with Gasteiger partial charge in [0.25, 0.3) is 5.56 Å². The molecule has 114 valence electrons. The van der Waals surface area contributed by atoms with Crippen LogP contribution in [0.25, 0.3) is 27.8 Å². The van der Waals surface area contributed by atoms with E-state index in [1.807, 2.05) is 43.3 Å². The van der Waals surface area contributed by atoms with Gasteiger partial charge < -0.3 is 9.72 Å². The maximum absolute atomic E-state index is 12.5. The Morgan fingerprint density at radius 3 is 2.70 bits per heavy atom. The van der Waals surface area contributed by atoms with Crippen molar-refractivity contribution in [3.63, 3.8) is 0 Å². The molecule has 4 aromatic rings. The number of pyridine rings is 1. The van der Waals surface area contributed by atoms with Gasteiger partial charge in [-0.15, -0.1) is 0 Å². The molecule has 6 heteroatoms. The van der Waals surface area contributed by atoms with E-state index < -0.39 is 0 Å². The summed E-state index contributed by atoms with van der Waals surface area (Å²) in [6.07, 6.45) is 1.74. The quantitative estimate of drug-likeness (QED) is 0.618. The van der Waals surface area contributed by atoms with E-state index in [-0.39, 0.29) is 5.56 Å². The van der Waals surface area contributed by atoms with Crippen molar-refractivity contribution in [3.05, 3.63) is 58.6 Å². The summed E-state index contributed by atoms with van der Waals surface area (Å²) >= 11 is 0. The normalized spacial score (nSPS) is 11.2. The highest BCUT2D eigenvalue weighted by atomic mass is 16.5. The lowest BCUT2D eigenvalue weighted by Gasteiger charge is -2.06. The summed E-state index contributed by atoms with van der Waals surface area (Å²) in [5.74, 6) is 0.751. The first-order valence-corrected chi connectivity index (χ1v) is 7.18. The van der Waals surface area contributed by atoms with Gasteiger partial charge in [-0.05, 0) is 30.7 Å². The highest BCUT2D eigenvalue weighted by molar-refractivity contribution is 5.82. The highest BCUT2D eigenvalue weighted by Crippen LogP contribution is 2.22. The fourth-order valence-electron chi connectivity index (χ4n) is 2.67. The van der Waals surface area contributed by atoms with Gasteiger partial charge in [0, 0.05) is 23.2 Å². The van der Waals surface area contributed by atoms with Crippen LogP contribution < -0.4 is 10.3 Å². The smallest absolute Gasteiger partial charge is 0.257 e. The molecule has 0 saturated carbocycles. The Balaban J connectivity index is 1.96. The first-order valence-electron chi connectivity index (χ1n) is 7.18. The first kappa shape index (κ1) is 13.5. The van der Waals surface area contributed by atoms with Crippen LogP contribution in [0.15, 0.2) is 47.4 Å². The van der Waals surface area contributed by atoms with Crippen LogP contribution in [-0.2, 0) is 0 Å². The molecule has 0 fully saturated rings. The molecule has 0 aliphatic carbocycles. The van der Waals surface area contributed by atoms with Crippen LogP contribution in [0.1, 0.15) is 5.69 Å². The second-order valence-corrected chi connectivity index (χ2v) is 5.36. The van der Waals surface area contributed by atoms with Gasteiger partial charge in [-0.2, -0.15) is 9.61 Å². The fraction of sp³-hybridized carbons (Fsp3) is 0.118. The molecule has 0 atom stereocenters. The van der Waals surface area contributed by atoms with Gasteiger partial charge >= 0.3 is 0 Å². The van der Waals surface area contributed by atoms with Crippen LogP contribution in [0.5, 0.6) is 5.75 Å². The third-order valence-electron chi connectivity index (χ3n) is 3.81. The van der Waals surface area contributed by atoms with Crippen molar-refractivity contribution in [2.24, 2.45) is 0 Å². The number of methoxy groups -OCH3 is 1. The average molecular weight is 306 g/mol. The lowest BCUT2D eigenvalue weighted by atomic mass is 10.1. The van der Waals surface area contributed by atoms with Gasteiger partial charge in [0.15, 0.2) is 5.65 Å². The Morgan fingerprint density at radius 1 is 1.17 bits per heavy atom. The summed E-state index contributed by atoms with van der Waals surface area (Å²) in [6, 6.07) is 11.1. The van der Waals surface area contributed by atoms with Gasteiger partial charge in [0.05, 0.1) is 12.8 Å². The number of ether oxygens (including phenoxy) is 1. The number of hydrogen-bond donors (Lipinski definition) is 1. The standard InChI is InChI=1S/C17H14N4O2/c1-10-7-15-18-9-12-8-14(11-3-5-13(23-2)6-4-11)17(22)19-16(12)21(15)20-10/h3-9H,1-2H3,(H,19,22). The predicted octanol–water partition coefficient (Wildman–Crippen LogP) is 2.55. The van der Waals surface area contributed by atoms with Crippen LogP contribution in [0, 0.1) is 6.92 Å². The third-order valence-corrected chi connectivity index (χ3v) is 3.81. The fourth-order valence-corrected chi connectivity index (χ4v) is 2.67. The largest absolute Gasteiger partial charge is 0.497 e. The molecular formula is C17H14N4O2. The van der Waals surface area contributed by atoms with Crippen molar-refractivity contribution in [3.8, 4) is 16.9 Å². The van der Waals surface area contributed by atoms with Crippen LogP contribution >= 0.6 is 0 Å². The molecule has 1 aromatic carbocycles. The third kappa shape index (κ3) is 2.15. The molecule has 1 N–H and O–H groups in total. The van der Waals surface area contributed by atoms with Crippen molar-refractivity contribution in [1.29, 1.82) is 0 Å². The molecule has 0 aliphatic rings. The number of rotatable bonds is 2. The number of aryl methyl sites for hydroxylation is 1. The number of benzene rings is 1. The summed E-state index contributed by atoms with van der Waals surface area (Å²) in [5.41, 5.74) is 3.46. The molecule has 23 heavy (non-hydrogen) atoms. The predicted molar refractivity (Wildman–Crippen MR) is 87.8 cm³/mol. The minimum absolute atomic E-state index is 0.164. The minimum Gasteiger partial charge on any atom is -0.497 e. The zero-order chi connectivity index (χ0) is 16.0. The summed E-state index contributed by atoms with van der Waals surface area (Å²) in [5, 5.41) is 5.20. The lowest BCUT2D eigenvalue weighted by Crippen LogP contribution is -2.11. The average Bonchev–Trinajstić information content (AvgIpc) is 2.95. The van der Waals surface area contributed by atoms with E-state index in [1.165, 1.54) is 0 Å². The van der Waals surface area contributed by atoms with E-state index in [4.69, 9.17) is 4.74 Å². The van der Waals surface area contributed by atoms with Crippen LogP contribution in [0.3, 0.4) is 0 Å². The van der Waals surface area contributed by atoms with Crippen LogP contribution in [0.2, 0.25) is 0 Å². The summed E-state index contributed by atoms with van der Waals surface area (Å²) in [7, 11) is 1.61. The molecule has 3 heterocycles. The molecule has 0 amide bonds. The number of fused-ring (bicyclic) bond motifs is 3. The molecule has 0 aliphatic heterocycles. The first-order chi connectivity index (χ1) is 11.2. The Hall–Kier alpha value is -3.15. The molecule has 3 aromatic heterocycles. The zero-order valence-electron chi connectivity index (χ0n) is 12.7. The maximum atomic E-state index is 12.5. The Bertz CT molecular complexity index is 1080. The van der Waals surface area contributed by atoms with E-state index in [2.05, 4.69) is 15.1 Å². The Kier molecular flexibility index (Phi) is 2.90. The molecule has 4 rings (SSSR count). The minimum atomic E-state index is -0.164. The number of nitrogens with one attached hydrogen (secondary N) is 1. The van der Waals surface area contributed by atoms with Crippen molar-refractivity contribution >= 4 is 16.7 Å². The monoisotopic (exact) mass is 306 g/mol. The molecule has 6 nitrogen and oxygen atoms in total. The van der Waals surface area contributed by atoms with Crippen LogP contribution in [0.4, 0.5) is 0 Å². The molecule has 0 saturated heterocycles. The van der Waals surface area contributed by atoms with Gasteiger partial charge in [0.1, 0.15) is 11.4 Å². The second-order valence-electron chi connectivity index (χ2n) is 5.36. The second kappa shape index (κ2) is 4.95. The van der Waals surface area contributed by atoms with Crippen molar-refractivity contribution in [2.75, 3.05) is 7.11 Å². The van der Waals surface area contributed by atoms with E-state index >= 15 is 0 Å². The van der Waals surface area contributed by atoms with Gasteiger partial charge in [0.2, 0.25) is 0 Å². The summed E-state index contributed by atoms with van der Waals surface area (Å²) in [6.45, 7) is 1.89. The van der Waals surface area contributed by atoms with E-state index in [1.54, 1.807) is 17.8 Å². The maximum Gasteiger partial charge on any atom is 0.257 e. The Morgan fingerprint density at radius 2 is 1.96 bits per heavy atom. The Labute approximate surface area is 131 Å². The van der Waals surface area contributed by atoms with Gasteiger partial charge in [-0.3, -0.25) is 4.79 Å². The number of aromatic nitrogens is 4. The highest BCUT2D eigenvalue weighted by Gasteiger charge is 2.10. The topological polar surface area (TPSA) is 72.3 Å². The zero-order valence-corrected chi connectivity index (χ0v) is 12.7. The molecule has 0 radical (unpaired) electrons. The summed E-state index contributed by atoms with van der Waals surface area (Å²) in [4.78, 5) is 19.8. The molecule has 0 bridgehead atoms. The van der Waals surface area contributed by atoms with Crippen molar-refractivity contribution in [1.82, 2.24) is 19.6 Å². The molecular weight excluding hydrogens is 292 g/mol. The molecule has 0 spiro atoms. The van der Waals surface area contributed by atoms with E-state index in [0.717, 1.165) is 22.4 Å². The number of nitrogens with zero attached hydrogens (tertiary/aromatic N) is 3. The van der Waals surface area contributed by atoms with Crippen molar-refractivity contribution in [2.45, 2.75) is 6.92 Å². The molecule has 0 unspecified atom stereocenters. The van der Waals surface area contributed by atoms with Crippen molar-refractivity contribution < 1.29 is 4.74 Å². The number of hydrogen-bond acceptors (Lipinski definition) is 4. The number of H-pyrrole nitrogens is 1. The SMILES string of the molecule is COc1ccc(-c2cc3cnc4cc(C)nn4c3[nH]c2=O)cc1. The number of aromatic amines is 1. The van der Waals surface area contributed by atoms with Crippen LogP contribution in [-0.4, -0.2) is 26.7 Å². The van der Waals surface area contributed by atoms with E-state index in [9.17, 15) is 4.79 Å². The lowest BCUT2D eigenvalue weighted by molar-refractivity contribution is 0.415. The van der Waals surface area contributed by atoms with Gasteiger partial charge in [-0.1, -0.05) is 12.1 Å². The van der Waals surface area contributed by atoms with E-state index in [0.29, 0.717) is 16.9 Å². The summed E-state index contributed by atoms with van der Waals surface area (Å²) < 4.78 is 6.81.